The maximum absolute atomic E-state index is 9.47. The molecule has 0 amide bonds. The maximum Gasteiger partial charge on any atom is 0.164 e. The average Bonchev–Trinajstić information content (AvgIpc) is 3.38. The molecule has 0 spiro atoms. The summed E-state index contributed by atoms with van der Waals surface area (Å²) in [5.41, 5.74) is 11.4. The second-order valence-corrected chi connectivity index (χ2v) is 15.9. The number of hydrogen-bond acceptors (Lipinski definition) is 6. The first-order valence-corrected chi connectivity index (χ1v) is 21.4. The van der Waals surface area contributed by atoms with Crippen LogP contribution in [0.5, 0.6) is 0 Å². The molecule has 64 heavy (non-hydrogen) atoms. The number of nitrogens with zero attached hydrogens (tertiary/aromatic N) is 6. The summed E-state index contributed by atoms with van der Waals surface area (Å²) in [5.74, 6) is 2.67. The van der Waals surface area contributed by atoms with Crippen LogP contribution in [-0.4, -0.2) is 24.9 Å². The van der Waals surface area contributed by atoms with Gasteiger partial charge < -0.3 is 0 Å². The van der Waals surface area contributed by atoms with Gasteiger partial charge >= 0.3 is 0 Å². The number of hydrogen-bond donors (Lipinski definition) is 0. The SMILES string of the molecule is N#CC1=CCC(c2ccc(-c3cc(-c4ccc5ccccc5c4-c4ccc(-c5nc(-c6ccccc6)nc(-c6ccccc6)n5)cc4)nc(-c4ccccc4)n3)c3ccccc23)C=C1. The minimum absolute atomic E-state index is 0.172. The van der Waals surface area contributed by atoms with Crippen LogP contribution in [0, 0.1) is 11.3 Å². The topological polar surface area (TPSA) is 88.2 Å². The highest BCUT2D eigenvalue weighted by Crippen LogP contribution is 2.42. The van der Waals surface area contributed by atoms with Crippen molar-refractivity contribution < 1.29 is 0 Å². The van der Waals surface area contributed by atoms with Crippen LogP contribution in [0.4, 0.5) is 0 Å². The van der Waals surface area contributed by atoms with Crippen LogP contribution in [0.1, 0.15) is 17.9 Å². The normalized spacial score (nSPS) is 13.4. The van der Waals surface area contributed by atoms with Crippen molar-refractivity contribution in [1.82, 2.24) is 24.9 Å². The number of allylic oxidation sites excluding steroid dienone is 4. The predicted octanol–water partition coefficient (Wildman–Crippen LogP) is 14.1. The van der Waals surface area contributed by atoms with Gasteiger partial charge in [0.15, 0.2) is 23.3 Å². The summed E-state index contributed by atoms with van der Waals surface area (Å²) >= 11 is 0. The van der Waals surface area contributed by atoms with Gasteiger partial charge in [-0.15, -0.1) is 0 Å². The quantitative estimate of drug-likeness (QED) is 0.152. The van der Waals surface area contributed by atoms with Gasteiger partial charge in [0.05, 0.1) is 17.5 Å². The van der Waals surface area contributed by atoms with E-state index in [-0.39, 0.29) is 5.92 Å². The Kier molecular flexibility index (Phi) is 9.96. The van der Waals surface area contributed by atoms with Crippen molar-refractivity contribution in [2.75, 3.05) is 0 Å². The Morgan fingerprint density at radius 3 is 1.48 bits per heavy atom. The predicted molar refractivity (Wildman–Crippen MR) is 259 cm³/mol. The molecule has 0 saturated carbocycles. The first-order chi connectivity index (χ1) is 31.7. The average molecular weight is 819 g/mol. The molecule has 8 aromatic carbocycles. The Morgan fingerprint density at radius 1 is 0.422 bits per heavy atom. The van der Waals surface area contributed by atoms with Gasteiger partial charge in [0.1, 0.15) is 0 Å². The van der Waals surface area contributed by atoms with Crippen LogP contribution < -0.4 is 0 Å². The summed E-state index contributed by atoms with van der Waals surface area (Å²) in [4.78, 5) is 25.5. The molecule has 1 aliphatic rings. The lowest BCUT2D eigenvalue weighted by molar-refractivity contribution is 0.857. The van der Waals surface area contributed by atoms with E-state index in [1.165, 1.54) is 10.9 Å². The fraction of sp³-hybridized carbons (Fsp3) is 0.0345. The summed E-state index contributed by atoms with van der Waals surface area (Å²) in [6.45, 7) is 0. The lowest BCUT2D eigenvalue weighted by atomic mass is 9.85. The molecule has 0 aliphatic heterocycles. The zero-order chi connectivity index (χ0) is 42.8. The molecule has 10 aromatic rings. The van der Waals surface area contributed by atoms with E-state index in [1.807, 2.05) is 91.0 Å². The molecular formula is C58H38N6. The lowest BCUT2D eigenvalue weighted by Crippen LogP contribution is -2.01. The first-order valence-electron chi connectivity index (χ1n) is 21.4. The van der Waals surface area contributed by atoms with Crippen molar-refractivity contribution in [1.29, 1.82) is 5.26 Å². The van der Waals surface area contributed by atoms with Crippen molar-refractivity contribution >= 4 is 21.5 Å². The molecule has 300 valence electrons. The van der Waals surface area contributed by atoms with E-state index in [9.17, 15) is 5.26 Å². The van der Waals surface area contributed by atoms with Gasteiger partial charge in [-0.25, -0.2) is 24.9 Å². The maximum atomic E-state index is 9.47. The van der Waals surface area contributed by atoms with Crippen molar-refractivity contribution in [3.05, 3.63) is 223 Å². The van der Waals surface area contributed by atoms with Crippen LogP contribution >= 0.6 is 0 Å². The molecular weight excluding hydrogens is 781 g/mol. The van der Waals surface area contributed by atoms with Gasteiger partial charge in [-0.3, -0.25) is 0 Å². The van der Waals surface area contributed by atoms with E-state index in [2.05, 4.69) is 127 Å². The van der Waals surface area contributed by atoms with Crippen LogP contribution in [0.15, 0.2) is 218 Å². The molecule has 1 unspecified atom stereocenters. The van der Waals surface area contributed by atoms with Gasteiger partial charge in [0.25, 0.3) is 0 Å². The number of rotatable bonds is 8. The molecule has 0 bridgehead atoms. The standard InChI is InChI=1S/C58H38N6/c59-37-38-24-26-40(27-25-38)46-34-35-50(49-23-13-12-22-48(46)49)52-36-53(61-55(60-52)42-15-4-1-5-16-42)51-33-32-39-14-10-11-21-47(39)54(51)41-28-30-45(31-29-41)58-63-56(43-17-6-2-7-18-43)62-57(64-58)44-19-8-3-9-20-44/h1-26,28-36,40H,27H2. The molecule has 0 N–H and O–H groups in total. The van der Waals surface area contributed by atoms with Gasteiger partial charge in [-0.05, 0) is 56.8 Å². The second kappa shape index (κ2) is 16.7. The van der Waals surface area contributed by atoms with Crippen LogP contribution in [0.25, 0.3) is 101 Å². The number of benzene rings is 8. The number of aromatic nitrogens is 5. The zero-order valence-electron chi connectivity index (χ0n) is 34.7. The van der Waals surface area contributed by atoms with E-state index in [0.29, 0.717) is 28.9 Å². The Labute approximate surface area is 371 Å². The van der Waals surface area contributed by atoms with Gasteiger partial charge in [0, 0.05) is 44.9 Å². The minimum Gasteiger partial charge on any atom is -0.228 e. The number of nitriles is 1. The van der Waals surface area contributed by atoms with E-state index in [4.69, 9.17) is 24.9 Å². The summed E-state index contributed by atoms with van der Waals surface area (Å²) in [5, 5.41) is 14.0. The van der Waals surface area contributed by atoms with Gasteiger partial charge in [0.2, 0.25) is 0 Å². The Bertz CT molecular complexity index is 3410. The zero-order valence-corrected chi connectivity index (χ0v) is 34.7. The fourth-order valence-corrected chi connectivity index (χ4v) is 8.76. The van der Waals surface area contributed by atoms with Crippen molar-refractivity contribution in [3.63, 3.8) is 0 Å². The Morgan fingerprint density at radius 2 is 0.906 bits per heavy atom. The van der Waals surface area contributed by atoms with Crippen molar-refractivity contribution in [2.24, 2.45) is 0 Å². The lowest BCUT2D eigenvalue weighted by Gasteiger charge is -2.19. The molecule has 6 nitrogen and oxygen atoms in total. The monoisotopic (exact) mass is 818 g/mol. The van der Waals surface area contributed by atoms with E-state index in [0.717, 1.165) is 78.5 Å². The molecule has 1 aliphatic carbocycles. The number of fused-ring (bicyclic) bond motifs is 2. The molecule has 0 fully saturated rings. The molecule has 0 saturated heterocycles. The molecule has 6 heteroatoms. The summed E-state index contributed by atoms with van der Waals surface area (Å²) in [7, 11) is 0. The molecule has 1 atom stereocenters. The summed E-state index contributed by atoms with van der Waals surface area (Å²) < 4.78 is 0. The highest BCUT2D eigenvalue weighted by molar-refractivity contribution is 6.05. The van der Waals surface area contributed by atoms with Crippen LogP contribution in [0.3, 0.4) is 0 Å². The third kappa shape index (κ3) is 7.31. The first kappa shape index (κ1) is 38.3. The second-order valence-electron chi connectivity index (χ2n) is 15.9. The summed E-state index contributed by atoms with van der Waals surface area (Å²) in [6, 6.07) is 69.1. The van der Waals surface area contributed by atoms with Crippen LogP contribution in [-0.2, 0) is 0 Å². The van der Waals surface area contributed by atoms with E-state index >= 15 is 0 Å². The molecule has 2 aromatic heterocycles. The minimum atomic E-state index is 0.172. The highest BCUT2D eigenvalue weighted by Gasteiger charge is 2.21. The Hall–Kier alpha value is -8.66. The highest BCUT2D eigenvalue weighted by atomic mass is 15.0. The Balaban J connectivity index is 1.06. The van der Waals surface area contributed by atoms with Crippen molar-refractivity contribution in [2.45, 2.75) is 12.3 Å². The fourth-order valence-electron chi connectivity index (χ4n) is 8.76. The largest absolute Gasteiger partial charge is 0.228 e. The van der Waals surface area contributed by atoms with Gasteiger partial charge in [-0.1, -0.05) is 200 Å². The molecule has 0 radical (unpaired) electrons. The third-order valence-electron chi connectivity index (χ3n) is 12.0. The third-order valence-corrected chi connectivity index (χ3v) is 12.0. The smallest absolute Gasteiger partial charge is 0.164 e. The molecule has 2 heterocycles. The van der Waals surface area contributed by atoms with Gasteiger partial charge in [-0.2, -0.15) is 5.26 Å². The van der Waals surface area contributed by atoms with Crippen LogP contribution in [0.2, 0.25) is 0 Å². The van der Waals surface area contributed by atoms with E-state index in [1.54, 1.807) is 0 Å². The van der Waals surface area contributed by atoms with E-state index < -0.39 is 0 Å². The van der Waals surface area contributed by atoms with Crippen molar-refractivity contribution in [3.8, 4) is 85.3 Å². The summed E-state index contributed by atoms with van der Waals surface area (Å²) in [6.07, 6.45) is 6.90. The molecule has 11 rings (SSSR count).